The third-order valence-corrected chi connectivity index (χ3v) is 4.55. The van der Waals surface area contributed by atoms with Crippen molar-refractivity contribution in [2.45, 2.75) is 57.5 Å². The molecule has 1 saturated heterocycles. The van der Waals surface area contributed by atoms with Crippen LogP contribution < -0.4 is 0 Å². The monoisotopic (exact) mass is 293 g/mol. The molecule has 1 aromatic carbocycles. The van der Waals surface area contributed by atoms with Crippen molar-refractivity contribution >= 4 is 5.97 Å². The van der Waals surface area contributed by atoms with Gasteiger partial charge in [-0.2, -0.15) is 0 Å². The Bertz CT molecular complexity index is 505. The molecule has 2 rings (SSSR count). The van der Waals surface area contributed by atoms with Gasteiger partial charge in [-0.05, 0) is 56.8 Å². The van der Waals surface area contributed by atoms with E-state index in [0.717, 1.165) is 24.9 Å². The minimum absolute atomic E-state index is 0.0944. The summed E-state index contributed by atoms with van der Waals surface area (Å²) in [5.41, 5.74) is 0.187. The molecule has 0 spiro atoms. The van der Waals surface area contributed by atoms with Gasteiger partial charge in [-0.1, -0.05) is 25.5 Å². The predicted octanol–water partition coefficient (Wildman–Crippen LogP) is 3.48. The maximum atomic E-state index is 13.3. The molecule has 4 heteroatoms. The third kappa shape index (κ3) is 3.26. The van der Waals surface area contributed by atoms with Crippen LogP contribution in [0.3, 0.4) is 0 Å². The number of benzene rings is 1. The normalized spacial score (nSPS) is 24.1. The van der Waals surface area contributed by atoms with E-state index < -0.39 is 11.5 Å². The van der Waals surface area contributed by atoms with Gasteiger partial charge >= 0.3 is 5.97 Å². The predicted molar refractivity (Wildman–Crippen MR) is 80.8 cm³/mol. The lowest BCUT2D eigenvalue weighted by molar-refractivity contribution is -0.151. The van der Waals surface area contributed by atoms with E-state index in [1.165, 1.54) is 12.1 Å². The van der Waals surface area contributed by atoms with Gasteiger partial charge in [0.05, 0.1) is 0 Å². The summed E-state index contributed by atoms with van der Waals surface area (Å²) in [5, 5.41) is 9.72. The molecule has 116 valence electrons. The molecule has 1 aliphatic rings. The van der Waals surface area contributed by atoms with Crippen LogP contribution in [-0.4, -0.2) is 34.1 Å². The van der Waals surface area contributed by atoms with Gasteiger partial charge in [0.15, 0.2) is 0 Å². The highest BCUT2D eigenvalue weighted by atomic mass is 19.1. The number of carboxylic acids is 1. The fourth-order valence-corrected chi connectivity index (χ4v) is 3.68. The van der Waals surface area contributed by atoms with E-state index in [0.29, 0.717) is 19.3 Å². The van der Waals surface area contributed by atoms with Gasteiger partial charge in [0.1, 0.15) is 11.4 Å². The molecular weight excluding hydrogens is 269 g/mol. The van der Waals surface area contributed by atoms with Crippen molar-refractivity contribution in [3.05, 3.63) is 35.6 Å². The number of nitrogens with zero attached hydrogens (tertiary/aromatic N) is 1. The Kier molecular flexibility index (Phi) is 4.99. The number of aliphatic carboxylic acids is 1. The number of hydrogen-bond donors (Lipinski definition) is 1. The second kappa shape index (κ2) is 6.56. The largest absolute Gasteiger partial charge is 0.480 e. The molecule has 1 N–H and O–H groups in total. The number of carboxylic acid groups (broad SMARTS) is 1. The maximum absolute atomic E-state index is 13.3. The maximum Gasteiger partial charge on any atom is 0.324 e. The van der Waals surface area contributed by atoms with Gasteiger partial charge in [-0.3, -0.25) is 9.69 Å². The summed E-state index contributed by atoms with van der Waals surface area (Å²) < 4.78 is 13.3. The molecule has 1 aliphatic heterocycles. The van der Waals surface area contributed by atoms with Crippen LogP contribution in [0.1, 0.15) is 45.1 Å². The Morgan fingerprint density at radius 1 is 1.52 bits per heavy atom. The molecule has 1 fully saturated rings. The Labute approximate surface area is 125 Å². The van der Waals surface area contributed by atoms with Crippen LogP contribution >= 0.6 is 0 Å². The van der Waals surface area contributed by atoms with Crippen molar-refractivity contribution in [1.29, 1.82) is 0 Å². The van der Waals surface area contributed by atoms with Crippen LogP contribution in [0.15, 0.2) is 24.3 Å². The third-order valence-electron chi connectivity index (χ3n) is 4.55. The minimum atomic E-state index is -0.735. The van der Waals surface area contributed by atoms with E-state index in [1.807, 2.05) is 19.9 Å². The van der Waals surface area contributed by atoms with Gasteiger partial charge in [-0.25, -0.2) is 4.39 Å². The van der Waals surface area contributed by atoms with Gasteiger partial charge < -0.3 is 5.11 Å². The first-order valence-electron chi connectivity index (χ1n) is 7.74. The van der Waals surface area contributed by atoms with Crippen LogP contribution in [0.25, 0.3) is 0 Å². The van der Waals surface area contributed by atoms with E-state index >= 15 is 0 Å². The van der Waals surface area contributed by atoms with Gasteiger partial charge in [0, 0.05) is 6.04 Å². The first-order valence-corrected chi connectivity index (χ1v) is 7.74. The lowest BCUT2D eigenvalue weighted by atomic mass is 9.89. The lowest BCUT2D eigenvalue weighted by Crippen LogP contribution is -2.54. The van der Waals surface area contributed by atoms with E-state index in [2.05, 4.69) is 4.90 Å². The highest BCUT2D eigenvalue weighted by molar-refractivity contribution is 5.79. The second-order valence-electron chi connectivity index (χ2n) is 6.07. The number of hydrogen-bond acceptors (Lipinski definition) is 2. The van der Waals surface area contributed by atoms with Crippen molar-refractivity contribution in [2.24, 2.45) is 0 Å². The molecule has 0 radical (unpaired) electrons. The Morgan fingerprint density at radius 2 is 2.29 bits per heavy atom. The molecule has 1 heterocycles. The summed E-state index contributed by atoms with van der Waals surface area (Å²) in [5.74, 6) is -0.952. The number of halogens is 1. The first-order chi connectivity index (χ1) is 9.99. The van der Waals surface area contributed by atoms with E-state index in [9.17, 15) is 14.3 Å². The fourth-order valence-electron chi connectivity index (χ4n) is 3.68. The Morgan fingerprint density at radius 3 is 2.90 bits per heavy atom. The van der Waals surface area contributed by atoms with Crippen molar-refractivity contribution < 1.29 is 14.3 Å². The van der Waals surface area contributed by atoms with Gasteiger partial charge in [0.25, 0.3) is 0 Å². The average Bonchev–Trinajstić information content (AvgIpc) is 2.84. The highest BCUT2D eigenvalue weighted by Gasteiger charge is 2.48. The number of likely N-dealkylation sites (tertiary alicyclic amines) is 1. The van der Waals surface area contributed by atoms with E-state index in [-0.39, 0.29) is 11.9 Å². The number of rotatable bonds is 6. The minimum Gasteiger partial charge on any atom is -0.480 e. The molecular formula is C17H24FNO2. The molecule has 2 atom stereocenters. The molecule has 21 heavy (non-hydrogen) atoms. The van der Waals surface area contributed by atoms with Crippen LogP contribution in [0.4, 0.5) is 4.39 Å². The zero-order chi connectivity index (χ0) is 15.5. The molecule has 0 amide bonds. The topological polar surface area (TPSA) is 40.5 Å². The Balaban J connectivity index is 2.16. The SMILES string of the molecule is CCCC1(C(=O)O)CCCN1C(C)Cc1cccc(F)c1. The van der Waals surface area contributed by atoms with Gasteiger partial charge in [0.2, 0.25) is 0 Å². The van der Waals surface area contributed by atoms with Crippen molar-refractivity contribution in [2.75, 3.05) is 6.54 Å². The standard InChI is InChI=1S/C17H24FNO2/c1-3-8-17(16(20)21)9-5-10-19(17)13(2)11-14-6-4-7-15(18)12-14/h4,6-7,12-13H,3,5,8-11H2,1-2H3,(H,20,21). The molecule has 0 saturated carbocycles. The molecule has 1 aromatic rings. The first kappa shape index (κ1) is 16.0. The van der Waals surface area contributed by atoms with Crippen molar-refractivity contribution in [3.8, 4) is 0 Å². The molecule has 3 nitrogen and oxygen atoms in total. The van der Waals surface area contributed by atoms with Crippen molar-refractivity contribution in [1.82, 2.24) is 4.90 Å². The lowest BCUT2D eigenvalue weighted by Gasteiger charge is -2.39. The summed E-state index contributed by atoms with van der Waals surface area (Å²) in [6.45, 7) is 4.88. The van der Waals surface area contributed by atoms with Crippen molar-refractivity contribution in [3.63, 3.8) is 0 Å². The summed E-state index contributed by atoms with van der Waals surface area (Å²) in [6, 6.07) is 6.67. The average molecular weight is 293 g/mol. The second-order valence-corrected chi connectivity index (χ2v) is 6.07. The number of carbonyl (C=O) groups is 1. The van der Waals surface area contributed by atoms with Crippen LogP contribution in [0.5, 0.6) is 0 Å². The molecule has 0 bridgehead atoms. The molecule has 2 unspecified atom stereocenters. The zero-order valence-electron chi connectivity index (χ0n) is 12.8. The van der Waals surface area contributed by atoms with Gasteiger partial charge in [-0.15, -0.1) is 0 Å². The summed E-state index contributed by atoms with van der Waals surface area (Å²) >= 11 is 0. The van der Waals surface area contributed by atoms with Crippen LogP contribution in [0.2, 0.25) is 0 Å². The summed E-state index contributed by atoms with van der Waals surface area (Å²) in [6.07, 6.45) is 3.84. The van der Waals surface area contributed by atoms with Crippen LogP contribution in [0, 0.1) is 5.82 Å². The summed E-state index contributed by atoms with van der Waals surface area (Å²) in [7, 11) is 0. The molecule has 0 aliphatic carbocycles. The van der Waals surface area contributed by atoms with Crippen LogP contribution in [-0.2, 0) is 11.2 Å². The summed E-state index contributed by atoms with van der Waals surface area (Å²) in [4.78, 5) is 13.9. The fraction of sp³-hybridized carbons (Fsp3) is 0.588. The Hall–Kier alpha value is -1.42. The molecule has 0 aromatic heterocycles. The van der Waals surface area contributed by atoms with E-state index in [4.69, 9.17) is 0 Å². The zero-order valence-corrected chi connectivity index (χ0v) is 12.8. The highest BCUT2D eigenvalue weighted by Crippen LogP contribution is 2.36. The quantitative estimate of drug-likeness (QED) is 0.873. The smallest absolute Gasteiger partial charge is 0.324 e. The van der Waals surface area contributed by atoms with E-state index in [1.54, 1.807) is 6.07 Å².